The molecular formula is C18H16N4O2. The zero-order valence-electron chi connectivity index (χ0n) is 13.4. The molecule has 1 N–H and O–H groups in total. The summed E-state index contributed by atoms with van der Waals surface area (Å²) in [6.07, 6.45) is 3.58. The summed E-state index contributed by atoms with van der Waals surface area (Å²) in [4.78, 5) is 8.99. The molecule has 24 heavy (non-hydrogen) atoms. The van der Waals surface area contributed by atoms with E-state index in [1.807, 2.05) is 46.9 Å². The molecule has 0 radical (unpaired) electrons. The van der Waals surface area contributed by atoms with Crippen molar-refractivity contribution >= 4 is 28.1 Å². The van der Waals surface area contributed by atoms with Gasteiger partial charge in [-0.2, -0.15) is 0 Å². The molecule has 6 heteroatoms. The van der Waals surface area contributed by atoms with Crippen molar-refractivity contribution in [1.82, 2.24) is 14.4 Å². The van der Waals surface area contributed by atoms with Crippen molar-refractivity contribution in [3.05, 3.63) is 55.0 Å². The molecule has 0 spiro atoms. The number of nitrogens with one attached hydrogen (secondary N) is 1. The fourth-order valence-corrected chi connectivity index (χ4v) is 2.72. The van der Waals surface area contributed by atoms with Crippen LogP contribution in [0.15, 0.2) is 55.0 Å². The molecule has 0 unspecified atom stereocenters. The number of imidazole rings is 1. The third kappa shape index (κ3) is 2.28. The minimum Gasteiger partial charge on any atom is -0.497 e. The molecule has 0 atom stereocenters. The maximum atomic E-state index is 5.45. The van der Waals surface area contributed by atoms with E-state index in [2.05, 4.69) is 10.3 Å². The lowest BCUT2D eigenvalue weighted by atomic mass is 10.2. The molecule has 4 aromatic rings. The number of anilines is 2. The van der Waals surface area contributed by atoms with Gasteiger partial charge >= 0.3 is 0 Å². The molecule has 2 aromatic heterocycles. The van der Waals surface area contributed by atoms with Crippen LogP contribution < -0.4 is 14.8 Å². The van der Waals surface area contributed by atoms with E-state index in [-0.39, 0.29) is 0 Å². The fraction of sp³-hybridized carbons (Fsp3) is 0.111. The first-order valence-electron chi connectivity index (χ1n) is 7.50. The molecular weight excluding hydrogens is 304 g/mol. The van der Waals surface area contributed by atoms with Crippen LogP contribution in [-0.2, 0) is 0 Å². The number of aromatic nitrogens is 3. The number of para-hydroxylation sites is 2. The van der Waals surface area contributed by atoms with E-state index in [1.54, 1.807) is 26.7 Å². The quantitative estimate of drug-likeness (QED) is 0.622. The minimum atomic E-state index is 0.682. The van der Waals surface area contributed by atoms with Gasteiger partial charge in [-0.15, -0.1) is 0 Å². The third-order valence-corrected chi connectivity index (χ3v) is 3.92. The van der Waals surface area contributed by atoms with Gasteiger partial charge in [-0.05, 0) is 24.3 Å². The fourth-order valence-electron chi connectivity index (χ4n) is 2.72. The van der Waals surface area contributed by atoms with E-state index < -0.39 is 0 Å². The van der Waals surface area contributed by atoms with E-state index >= 15 is 0 Å². The molecule has 0 bridgehead atoms. The summed E-state index contributed by atoms with van der Waals surface area (Å²) < 4.78 is 12.7. The monoisotopic (exact) mass is 320 g/mol. The summed E-state index contributed by atoms with van der Waals surface area (Å²) in [5, 5.41) is 3.34. The zero-order valence-corrected chi connectivity index (χ0v) is 13.4. The van der Waals surface area contributed by atoms with Gasteiger partial charge in [0.1, 0.15) is 17.0 Å². The average molecular weight is 320 g/mol. The Morgan fingerprint density at radius 2 is 1.88 bits per heavy atom. The van der Waals surface area contributed by atoms with Crippen molar-refractivity contribution in [3.8, 4) is 11.5 Å². The summed E-state index contributed by atoms with van der Waals surface area (Å²) >= 11 is 0. The highest BCUT2D eigenvalue weighted by molar-refractivity contribution is 5.86. The lowest BCUT2D eigenvalue weighted by molar-refractivity contribution is 0.395. The summed E-state index contributed by atoms with van der Waals surface area (Å²) in [7, 11) is 3.25. The Morgan fingerprint density at radius 3 is 2.71 bits per heavy atom. The number of rotatable bonds is 4. The van der Waals surface area contributed by atoms with Crippen LogP contribution in [0.3, 0.4) is 0 Å². The van der Waals surface area contributed by atoms with E-state index in [4.69, 9.17) is 14.5 Å². The van der Waals surface area contributed by atoms with Crippen molar-refractivity contribution in [3.63, 3.8) is 0 Å². The Hall–Kier alpha value is -3.28. The average Bonchev–Trinajstić information content (AvgIpc) is 3.12. The first-order chi connectivity index (χ1) is 11.8. The molecule has 4 rings (SSSR count). The standard InChI is InChI=1S/C18H16N4O2/c1-23-12-7-8-14(17(9-12)24-2)21-18-16-10-19-11-22(16)15-6-4-3-5-13(15)20-18/h3-11H,1-2H3,(H,20,21). The Bertz CT molecular complexity index is 1030. The zero-order chi connectivity index (χ0) is 16.5. The van der Waals surface area contributed by atoms with Crippen LogP contribution in [0.4, 0.5) is 11.5 Å². The Balaban J connectivity index is 1.86. The van der Waals surface area contributed by atoms with Gasteiger partial charge in [-0.25, -0.2) is 9.97 Å². The maximum Gasteiger partial charge on any atom is 0.157 e. The number of nitrogens with zero attached hydrogens (tertiary/aromatic N) is 3. The van der Waals surface area contributed by atoms with Gasteiger partial charge in [0.25, 0.3) is 0 Å². The molecule has 6 nitrogen and oxygen atoms in total. The van der Waals surface area contributed by atoms with Crippen LogP contribution >= 0.6 is 0 Å². The number of fused-ring (bicyclic) bond motifs is 3. The van der Waals surface area contributed by atoms with Crippen molar-refractivity contribution in [2.45, 2.75) is 0 Å². The highest BCUT2D eigenvalue weighted by Crippen LogP contribution is 2.32. The number of methoxy groups -OCH3 is 2. The van der Waals surface area contributed by atoms with Gasteiger partial charge in [0, 0.05) is 6.07 Å². The Kier molecular flexibility index (Phi) is 3.42. The first-order valence-corrected chi connectivity index (χ1v) is 7.50. The SMILES string of the molecule is COc1ccc(Nc2nc3ccccc3n3cncc23)c(OC)c1. The molecule has 2 aromatic carbocycles. The van der Waals surface area contributed by atoms with Crippen LogP contribution in [0.1, 0.15) is 0 Å². The number of hydrogen-bond acceptors (Lipinski definition) is 5. The predicted octanol–water partition coefficient (Wildman–Crippen LogP) is 3.64. The molecule has 0 aliphatic carbocycles. The third-order valence-electron chi connectivity index (χ3n) is 3.92. The second kappa shape index (κ2) is 5.73. The lowest BCUT2D eigenvalue weighted by Gasteiger charge is -2.13. The lowest BCUT2D eigenvalue weighted by Crippen LogP contribution is -2.01. The second-order valence-electron chi connectivity index (χ2n) is 5.29. The van der Waals surface area contributed by atoms with Gasteiger partial charge in [0.05, 0.1) is 43.5 Å². The smallest absolute Gasteiger partial charge is 0.157 e. The molecule has 2 heterocycles. The van der Waals surface area contributed by atoms with E-state index in [0.29, 0.717) is 5.75 Å². The summed E-state index contributed by atoms with van der Waals surface area (Å²) in [6.45, 7) is 0. The van der Waals surface area contributed by atoms with Crippen molar-refractivity contribution < 1.29 is 9.47 Å². The van der Waals surface area contributed by atoms with Gasteiger partial charge in [0.15, 0.2) is 5.82 Å². The Labute approximate surface area is 138 Å². The minimum absolute atomic E-state index is 0.682. The Morgan fingerprint density at radius 1 is 1.00 bits per heavy atom. The molecule has 0 saturated heterocycles. The molecule has 120 valence electrons. The van der Waals surface area contributed by atoms with Crippen LogP contribution in [-0.4, -0.2) is 28.6 Å². The largest absolute Gasteiger partial charge is 0.497 e. The highest BCUT2D eigenvalue weighted by atomic mass is 16.5. The van der Waals surface area contributed by atoms with E-state index in [0.717, 1.165) is 33.8 Å². The van der Waals surface area contributed by atoms with E-state index in [1.165, 1.54) is 0 Å². The second-order valence-corrected chi connectivity index (χ2v) is 5.29. The van der Waals surface area contributed by atoms with Crippen LogP contribution in [0, 0.1) is 0 Å². The summed E-state index contributed by atoms with van der Waals surface area (Å²) in [5.41, 5.74) is 3.60. The number of ether oxygens (including phenoxy) is 2. The van der Waals surface area contributed by atoms with Gasteiger partial charge < -0.3 is 14.8 Å². The maximum absolute atomic E-state index is 5.45. The summed E-state index contributed by atoms with van der Waals surface area (Å²) in [5.74, 6) is 2.13. The van der Waals surface area contributed by atoms with Crippen molar-refractivity contribution in [2.24, 2.45) is 0 Å². The number of hydrogen-bond donors (Lipinski definition) is 1. The van der Waals surface area contributed by atoms with Crippen LogP contribution in [0.5, 0.6) is 11.5 Å². The van der Waals surface area contributed by atoms with E-state index in [9.17, 15) is 0 Å². The molecule has 0 fully saturated rings. The molecule has 0 aliphatic rings. The number of benzene rings is 2. The molecule has 0 saturated carbocycles. The van der Waals surface area contributed by atoms with Gasteiger partial charge in [-0.1, -0.05) is 12.1 Å². The topological polar surface area (TPSA) is 60.7 Å². The van der Waals surface area contributed by atoms with Gasteiger partial charge in [-0.3, -0.25) is 4.40 Å². The molecule has 0 aliphatic heterocycles. The van der Waals surface area contributed by atoms with Crippen molar-refractivity contribution in [1.29, 1.82) is 0 Å². The predicted molar refractivity (Wildman–Crippen MR) is 93.3 cm³/mol. The van der Waals surface area contributed by atoms with Crippen LogP contribution in [0.25, 0.3) is 16.6 Å². The molecule has 0 amide bonds. The first kappa shape index (κ1) is 14.3. The normalized spacial score (nSPS) is 10.9. The van der Waals surface area contributed by atoms with Crippen molar-refractivity contribution in [2.75, 3.05) is 19.5 Å². The summed E-state index contributed by atoms with van der Waals surface area (Å²) in [6, 6.07) is 13.6. The van der Waals surface area contributed by atoms with Crippen LogP contribution in [0.2, 0.25) is 0 Å². The highest BCUT2D eigenvalue weighted by Gasteiger charge is 2.11. The van der Waals surface area contributed by atoms with Gasteiger partial charge in [0.2, 0.25) is 0 Å².